The molecule has 0 radical (unpaired) electrons. The van der Waals surface area contributed by atoms with Crippen LogP contribution in [0.25, 0.3) is 0 Å². The van der Waals surface area contributed by atoms with E-state index in [0.29, 0.717) is 27.9 Å². The Balaban J connectivity index is 1.12. The number of anilines is 6. The summed E-state index contributed by atoms with van der Waals surface area (Å²) >= 11 is 13.3. The van der Waals surface area contributed by atoms with Crippen LogP contribution >= 0.6 is 23.2 Å². The fourth-order valence-corrected chi connectivity index (χ4v) is 6.50. The lowest BCUT2D eigenvalue weighted by Gasteiger charge is -2.43. The van der Waals surface area contributed by atoms with Crippen LogP contribution in [0.1, 0.15) is 24.0 Å². The third-order valence-electron chi connectivity index (χ3n) is 8.61. The average molecular weight is 582 g/mol. The molecule has 0 saturated carbocycles. The molecular formula is C30H38Cl2N8. The summed E-state index contributed by atoms with van der Waals surface area (Å²) in [6.45, 7) is 9.98. The predicted octanol–water partition coefficient (Wildman–Crippen LogP) is 5.79. The molecule has 3 aliphatic rings. The monoisotopic (exact) mass is 580 g/mol. The van der Waals surface area contributed by atoms with Crippen LogP contribution in [0.15, 0.2) is 36.5 Å². The minimum Gasteiger partial charge on any atom is -0.374 e. The van der Waals surface area contributed by atoms with Crippen LogP contribution in [-0.4, -0.2) is 85.7 Å². The normalized spacial score (nSPS) is 18.7. The highest BCUT2D eigenvalue weighted by molar-refractivity contribution is 6.34. The summed E-state index contributed by atoms with van der Waals surface area (Å²) in [7, 11) is 4.33. The molecule has 1 aromatic heterocycles. The van der Waals surface area contributed by atoms with E-state index >= 15 is 0 Å². The van der Waals surface area contributed by atoms with E-state index in [4.69, 9.17) is 23.2 Å². The number of aromatic nitrogens is 2. The number of hydrogen-bond donors (Lipinski definition) is 2. The smallest absolute Gasteiger partial charge is 0.229 e. The Morgan fingerprint density at radius 1 is 0.850 bits per heavy atom. The molecule has 6 rings (SSSR count). The second-order valence-corrected chi connectivity index (χ2v) is 12.1. The van der Waals surface area contributed by atoms with E-state index in [2.05, 4.69) is 91.6 Å². The molecule has 2 saturated heterocycles. The first kappa shape index (κ1) is 27.4. The molecule has 10 heteroatoms. The van der Waals surface area contributed by atoms with Crippen molar-refractivity contribution in [2.45, 2.75) is 32.2 Å². The zero-order chi connectivity index (χ0) is 27.8. The fraction of sp³-hybridized carbons (Fsp3) is 0.467. The number of piperazine rings is 1. The van der Waals surface area contributed by atoms with Crippen molar-refractivity contribution in [3.8, 4) is 0 Å². The van der Waals surface area contributed by atoms with Gasteiger partial charge in [-0.3, -0.25) is 4.90 Å². The van der Waals surface area contributed by atoms with Crippen molar-refractivity contribution in [3.05, 3.63) is 57.7 Å². The fourth-order valence-electron chi connectivity index (χ4n) is 6.16. The topological polar surface area (TPSA) is 62.8 Å². The maximum atomic E-state index is 6.80. The molecule has 0 unspecified atom stereocenters. The van der Waals surface area contributed by atoms with Crippen molar-refractivity contribution < 1.29 is 0 Å². The van der Waals surface area contributed by atoms with E-state index < -0.39 is 0 Å². The number of likely N-dealkylation sites (N-methyl/N-ethyl adjacent to an activating group) is 2. The van der Waals surface area contributed by atoms with Gasteiger partial charge >= 0.3 is 0 Å². The minimum absolute atomic E-state index is 0.437. The number of nitrogens with zero attached hydrogens (tertiary/aromatic N) is 6. The van der Waals surface area contributed by atoms with Gasteiger partial charge in [0.25, 0.3) is 0 Å². The number of piperidine rings is 1. The predicted molar refractivity (Wildman–Crippen MR) is 168 cm³/mol. The van der Waals surface area contributed by atoms with Crippen molar-refractivity contribution in [2.24, 2.45) is 0 Å². The van der Waals surface area contributed by atoms with Crippen LogP contribution in [-0.2, 0) is 6.42 Å². The van der Waals surface area contributed by atoms with Gasteiger partial charge in [0.05, 0.1) is 16.9 Å². The van der Waals surface area contributed by atoms with Crippen LogP contribution in [0.2, 0.25) is 10.0 Å². The summed E-state index contributed by atoms with van der Waals surface area (Å²) in [5.74, 6) is 0.986. The van der Waals surface area contributed by atoms with Crippen molar-refractivity contribution >= 4 is 57.7 Å². The molecule has 0 spiro atoms. The molecule has 2 N–H and O–H groups in total. The van der Waals surface area contributed by atoms with Crippen LogP contribution < -0.4 is 20.4 Å². The average Bonchev–Trinajstić information content (AvgIpc) is 3.33. The molecule has 2 aromatic carbocycles. The molecule has 3 aromatic rings. The SMILES string of the molecule is Cc1cc(Nc2ncc(Cl)c(Nc3ccc4c(c3)N(C)CC4)n2)c(Cl)cc1N1CCC(N2CCN(C)CC2)CC1. The molecule has 3 aliphatic heterocycles. The summed E-state index contributed by atoms with van der Waals surface area (Å²) in [5.41, 5.74) is 6.70. The third kappa shape index (κ3) is 5.81. The molecule has 4 heterocycles. The molecule has 0 bridgehead atoms. The second-order valence-electron chi connectivity index (χ2n) is 11.3. The first-order chi connectivity index (χ1) is 19.3. The summed E-state index contributed by atoms with van der Waals surface area (Å²) in [4.78, 5) is 18.9. The van der Waals surface area contributed by atoms with Crippen LogP contribution in [0, 0.1) is 6.92 Å². The maximum Gasteiger partial charge on any atom is 0.229 e. The van der Waals surface area contributed by atoms with Crippen molar-refractivity contribution in [3.63, 3.8) is 0 Å². The van der Waals surface area contributed by atoms with Crippen LogP contribution in [0.3, 0.4) is 0 Å². The van der Waals surface area contributed by atoms with Crippen molar-refractivity contribution in [2.75, 3.05) is 80.3 Å². The quantitative estimate of drug-likeness (QED) is 0.380. The molecule has 0 atom stereocenters. The summed E-state index contributed by atoms with van der Waals surface area (Å²) in [6, 6.07) is 11.2. The lowest BCUT2D eigenvalue weighted by Crippen LogP contribution is -2.52. The van der Waals surface area contributed by atoms with Gasteiger partial charge in [0.15, 0.2) is 5.82 Å². The highest BCUT2D eigenvalue weighted by Gasteiger charge is 2.27. The van der Waals surface area contributed by atoms with Crippen LogP contribution in [0.4, 0.5) is 34.5 Å². The first-order valence-corrected chi connectivity index (χ1v) is 15.0. The number of hydrogen-bond acceptors (Lipinski definition) is 8. The van der Waals surface area contributed by atoms with Gasteiger partial charge in [-0.15, -0.1) is 0 Å². The van der Waals surface area contributed by atoms with E-state index in [-0.39, 0.29) is 0 Å². The number of fused-ring (bicyclic) bond motifs is 1. The number of nitrogens with one attached hydrogen (secondary N) is 2. The van der Waals surface area contributed by atoms with Crippen molar-refractivity contribution in [1.82, 2.24) is 19.8 Å². The maximum absolute atomic E-state index is 6.80. The highest BCUT2D eigenvalue weighted by atomic mass is 35.5. The standard InChI is InChI=1S/C30H38Cl2N8/c1-20-16-26(24(31)18-27(20)40-10-7-23(8-11-40)39-14-12-37(2)13-15-39)35-30-33-19-25(32)29(36-30)34-22-5-4-21-6-9-38(3)28(21)17-22/h4-5,16-19,23H,6-15H2,1-3H3,(H2,33,34,35,36). The largest absolute Gasteiger partial charge is 0.374 e. The molecule has 2 fully saturated rings. The Bertz CT molecular complexity index is 1370. The summed E-state index contributed by atoms with van der Waals surface area (Å²) < 4.78 is 0. The van der Waals surface area contributed by atoms with Gasteiger partial charge in [0, 0.05) is 76.0 Å². The van der Waals surface area contributed by atoms with E-state index in [1.807, 2.05) is 0 Å². The van der Waals surface area contributed by atoms with Gasteiger partial charge in [-0.2, -0.15) is 4.98 Å². The summed E-state index contributed by atoms with van der Waals surface area (Å²) in [5, 5.41) is 7.77. The molecule has 40 heavy (non-hydrogen) atoms. The van der Waals surface area contributed by atoms with E-state index in [9.17, 15) is 0 Å². The van der Waals surface area contributed by atoms with E-state index in [1.165, 1.54) is 61.5 Å². The van der Waals surface area contributed by atoms with Crippen LogP contribution in [0.5, 0.6) is 0 Å². The number of benzene rings is 2. The van der Waals surface area contributed by atoms with Crippen molar-refractivity contribution in [1.29, 1.82) is 0 Å². The van der Waals surface area contributed by atoms with E-state index in [1.54, 1.807) is 6.20 Å². The minimum atomic E-state index is 0.437. The molecule has 0 amide bonds. The van der Waals surface area contributed by atoms with Gasteiger partial charge < -0.3 is 25.3 Å². The Labute approximate surface area is 247 Å². The molecular weight excluding hydrogens is 543 g/mol. The van der Waals surface area contributed by atoms with Gasteiger partial charge in [0.1, 0.15) is 5.02 Å². The van der Waals surface area contributed by atoms with Gasteiger partial charge in [0.2, 0.25) is 5.95 Å². The molecule has 0 aliphatic carbocycles. The Morgan fingerprint density at radius 3 is 2.40 bits per heavy atom. The zero-order valence-corrected chi connectivity index (χ0v) is 25.1. The summed E-state index contributed by atoms with van der Waals surface area (Å²) in [6.07, 6.45) is 5.06. The lowest BCUT2D eigenvalue weighted by atomic mass is 10.0. The number of aryl methyl sites for hydroxylation is 1. The number of halogens is 2. The van der Waals surface area contributed by atoms with Gasteiger partial charge in [-0.25, -0.2) is 4.98 Å². The lowest BCUT2D eigenvalue weighted by molar-refractivity contribution is 0.0982. The Morgan fingerprint density at radius 2 is 1.62 bits per heavy atom. The Kier molecular flexibility index (Phi) is 7.95. The number of rotatable bonds is 6. The highest BCUT2D eigenvalue weighted by Crippen LogP contribution is 2.36. The van der Waals surface area contributed by atoms with Gasteiger partial charge in [-0.05, 0) is 68.6 Å². The second kappa shape index (κ2) is 11.6. The van der Waals surface area contributed by atoms with E-state index in [0.717, 1.165) is 37.4 Å². The zero-order valence-electron chi connectivity index (χ0n) is 23.6. The first-order valence-electron chi connectivity index (χ1n) is 14.2. The molecule has 8 nitrogen and oxygen atoms in total. The molecule has 212 valence electrons. The van der Waals surface area contributed by atoms with Gasteiger partial charge in [-0.1, -0.05) is 29.3 Å². The third-order valence-corrected chi connectivity index (χ3v) is 9.20. The Hall–Kier alpha value is -2.78.